The fourth-order valence-electron chi connectivity index (χ4n) is 2.88. The van der Waals surface area contributed by atoms with Crippen molar-refractivity contribution in [3.8, 4) is 0 Å². The Kier molecular flexibility index (Phi) is 4.35. The molecule has 1 aliphatic rings. The highest BCUT2D eigenvalue weighted by Crippen LogP contribution is 2.28. The molecule has 0 spiro atoms. The minimum absolute atomic E-state index is 0.0541. The number of rotatable bonds is 5. The summed E-state index contributed by atoms with van der Waals surface area (Å²) in [6.45, 7) is 6.56. The fourth-order valence-corrected chi connectivity index (χ4v) is 4.12. The van der Waals surface area contributed by atoms with Crippen molar-refractivity contribution >= 4 is 9.84 Å². The molecule has 20 heavy (non-hydrogen) atoms. The molecule has 2 rings (SSSR count). The molecule has 1 heterocycles. The lowest BCUT2D eigenvalue weighted by Crippen LogP contribution is -2.40. The Morgan fingerprint density at radius 1 is 1.30 bits per heavy atom. The van der Waals surface area contributed by atoms with Crippen molar-refractivity contribution in [1.82, 2.24) is 5.32 Å². The van der Waals surface area contributed by atoms with Gasteiger partial charge in [-0.1, -0.05) is 50.3 Å². The van der Waals surface area contributed by atoms with Crippen LogP contribution in [0.25, 0.3) is 0 Å². The SMILES string of the molecule is CC(CC(C)(C)c1ccccc1)NC1C=CS(=O)(=O)C1. The van der Waals surface area contributed by atoms with Crippen LogP contribution in [-0.4, -0.2) is 26.3 Å². The van der Waals surface area contributed by atoms with E-state index < -0.39 is 9.84 Å². The molecule has 0 saturated carbocycles. The van der Waals surface area contributed by atoms with Gasteiger partial charge in [0.2, 0.25) is 0 Å². The van der Waals surface area contributed by atoms with Crippen molar-refractivity contribution in [3.63, 3.8) is 0 Å². The van der Waals surface area contributed by atoms with E-state index in [2.05, 4.69) is 50.4 Å². The Labute approximate surface area is 122 Å². The molecule has 1 aromatic rings. The summed E-state index contributed by atoms with van der Waals surface area (Å²) in [7, 11) is -2.98. The number of benzene rings is 1. The van der Waals surface area contributed by atoms with Gasteiger partial charge in [-0.2, -0.15) is 0 Å². The maximum Gasteiger partial charge on any atom is 0.173 e. The summed E-state index contributed by atoms with van der Waals surface area (Å²) in [5.41, 5.74) is 1.37. The van der Waals surface area contributed by atoms with Crippen LogP contribution in [0.5, 0.6) is 0 Å². The summed E-state index contributed by atoms with van der Waals surface area (Å²) in [6, 6.07) is 10.6. The third-order valence-electron chi connectivity index (χ3n) is 3.80. The number of hydrogen-bond donors (Lipinski definition) is 1. The molecule has 3 nitrogen and oxygen atoms in total. The van der Waals surface area contributed by atoms with E-state index in [4.69, 9.17) is 0 Å². The van der Waals surface area contributed by atoms with E-state index in [0.29, 0.717) is 0 Å². The third-order valence-corrected chi connectivity index (χ3v) is 5.20. The monoisotopic (exact) mass is 293 g/mol. The molecule has 0 aliphatic carbocycles. The summed E-state index contributed by atoms with van der Waals surface area (Å²) in [5, 5.41) is 4.71. The molecular weight excluding hydrogens is 270 g/mol. The van der Waals surface area contributed by atoms with Crippen molar-refractivity contribution in [3.05, 3.63) is 47.4 Å². The molecule has 1 aromatic carbocycles. The van der Waals surface area contributed by atoms with Crippen LogP contribution in [0.1, 0.15) is 32.8 Å². The van der Waals surface area contributed by atoms with E-state index in [1.54, 1.807) is 6.08 Å². The lowest BCUT2D eigenvalue weighted by atomic mass is 9.79. The quantitative estimate of drug-likeness (QED) is 0.908. The summed E-state index contributed by atoms with van der Waals surface area (Å²) >= 11 is 0. The smallest absolute Gasteiger partial charge is 0.173 e. The van der Waals surface area contributed by atoms with Crippen LogP contribution in [0.3, 0.4) is 0 Å². The Morgan fingerprint density at radius 2 is 1.95 bits per heavy atom. The summed E-state index contributed by atoms with van der Waals surface area (Å²) in [6.07, 6.45) is 2.71. The molecule has 0 saturated heterocycles. The van der Waals surface area contributed by atoms with Crippen LogP contribution in [0, 0.1) is 0 Å². The van der Waals surface area contributed by atoms with Crippen LogP contribution in [0.15, 0.2) is 41.8 Å². The van der Waals surface area contributed by atoms with Crippen molar-refractivity contribution < 1.29 is 8.42 Å². The van der Waals surface area contributed by atoms with Gasteiger partial charge in [-0.3, -0.25) is 0 Å². The van der Waals surface area contributed by atoms with Gasteiger partial charge in [0.1, 0.15) is 0 Å². The lowest BCUT2D eigenvalue weighted by molar-refractivity contribution is 0.380. The van der Waals surface area contributed by atoms with Gasteiger partial charge in [0.05, 0.1) is 5.75 Å². The normalized spacial score (nSPS) is 22.9. The molecule has 0 aromatic heterocycles. The van der Waals surface area contributed by atoms with Gasteiger partial charge in [-0.25, -0.2) is 8.42 Å². The topological polar surface area (TPSA) is 46.2 Å². The average molecular weight is 293 g/mol. The largest absolute Gasteiger partial charge is 0.307 e. The second-order valence-corrected chi connectivity index (χ2v) is 8.22. The average Bonchev–Trinajstić information content (AvgIpc) is 2.69. The highest BCUT2D eigenvalue weighted by atomic mass is 32.2. The third kappa shape index (κ3) is 3.93. The molecule has 1 N–H and O–H groups in total. The fraction of sp³-hybridized carbons (Fsp3) is 0.500. The zero-order valence-electron chi connectivity index (χ0n) is 12.3. The summed E-state index contributed by atoms with van der Waals surface area (Å²) < 4.78 is 22.8. The highest BCUT2D eigenvalue weighted by Gasteiger charge is 2.27. The summed E-state index contributed by atoms with van der Waals surface area (Å²) in [4.78, 5) is 0. The van der Waals surface area contributed by atoms with E-state index in [0.717, 1.165) is 6.42 Å². The second kappa shape index (κ2) is 5.70. The van der Waals surface area contributed by atoms with Crippen molar-refractivity contribution in [2.75, 3.05) is 5.75 Å². The molecule has 0 amide bonds. The van der Waals surface area contributed by atoms with E-state index in [9.17, 15) is 8.42 Å². The maximum atomic E-state index is 11.4. The Bertz CT molecular complexity index is 576. The molecule has 1 aliphatic heterocycles. The van der Waals surface area contributed by atoms with E-state index in [-0.39, 0.29) is 23.3 Å². The van der Waals surface area contributed by atoms with Gasteiger partial charge in [-0.15, -0.1) is 0 Å². The minimum atomic E-state index is -2.98. The Hall–Kier alpha value is -1.13. The van der Waals surface area contributed by atoms with Crippen LogP contribution in [0.2, 0.25) is 0 Å². The van der Waals surface area contributed by atoms with Crippen LogP contribution < -0.4 is 5.32 Å². The van der Waals surface area contributed by atoms with Gasteiger partial charge < -0.3 is 5.32 Å². The number of nitrogens with one attached hydrogen (secondary N) is 1. The number of sulfone groups is 1. The van der Waals surface area contributed by atoms with Gasteiger partial charge in [-0.05, 0) is 24.3 Å². The van der Waals surface area contributed by atoms with Crippen molar-refractivity contribution in [2.24, 2.45) is 0 Å². The standard InChI is InChI=1S/C16H23NO2S/c1-13(17-15-9-10-20(18,19)12-15)11-16(2,3)14-7-5-4-6-8-14/h4-10,13,15,17H,11-12H2,1-3H3. The molecule has 2 unspecified atom stereocenters. The first kappa shape index (κ1) is 15.3. The highest BCUT2D eigenvalue weighted by molar-refractivity contribution is 7.94. The van der Waals surface area contributed by atoms with Gasteiger partial charge in [0.15, 0.2) is 9.84 Å². The zero-order chi connectivity index (χ0) is 14.8. The maximum absolute atomic E-state index is 11.4. The zero-order valence-corrected chi connectivity index (χ0v) is 13.2. The first-order valence-electron chi connectivity index (χ1n) is 7.01. The van der Waals surface area contributed by atoms with Gasteiger partial charge in [0, 0.05) is 17.5 Å². The number of hydrogen-bond acceptors (Lipinski definition) is 3. The van der Waals surface area contributed by atoms with Crippen LogP contribution >= 0.6 is 0 Å². The lowest BCUT2D eigenvalue weighted by Gasteiger charge is -2.30. The molecule has 2 atom stereocenters. The summed E-state index contributed by atoms with van der Waals surface area (Å²) in [5.74, 6) is 0.184. The Morgan fingerprint density at radius 3 is 2.50 bits per heavy atom. The first-order chi connectivity index (χ1) is 9.28. The van der Waals surface area contributed by atoms with E-state index in [1.807, 2.05) is 6.07 Å². The van der Waals surface area contributed by atoms with Crippen molar-refractivity contribution in [2.45, 2.75) is 44.7 Å². The van der Waals surface area contributed by atoms with Gasteiger partial charge in [0.25, 0.3) is 0 Å². The predicted molar refractivity (Wildman–Crippen MR) is 83.4 cm³/mol. The van der Waals surface area contributed by atoms with Crippen LogP contribution in [0.4, 0.5) is 0 Å². The van der Waals surface area contributed by atoms with Gasteiger partial charge >= 0.3 is 0 Å². The minimum Gasteiger partial charge on any atom is -0.307 e. The molecule has 0 fully saturated rings. The van der Waals surface area contributed by atoms with E-state index >= 15 is 0 Å². The molecular formula is C16H23NO2S. The van der Waals surface area contributed by atoms with E-state index in [1.165, 1.54) is 11.0 Å². The molecule has 0 bridgehead atoms. The molecule has 110 valence electrons. The predicted octanol–water partition coefficient (Wildman–Crippen LogP) is 2.64. The van der Waals surface area contributed by atoms with Crippen LogP contribution in [-0.2, 0) is 15.3 Å². The Balaban J connectivity index is 1.95. The second-order valence-electron chi connectivity index (χ2n) is 6.29. The molecule has 0 radical (unpaired) electrons. The first-order valence-corrected chi connectivity index (χ1v) is 8.73. The van der Waals surface area contributed by atoms with Crippen molar-refractivity contribution in [1.29, 1.82) is 0 Å². The molecule has 4 heteroatoms.